The first kappa shape index (κ1) is 17.7. The molecule has 4 nitrogen and oxygen atoms in total. The summed E-state index contributed by atoms with van der Waals surface area (Å²) in [6.45, 7) is 0.212. The lowest BCUT2D eigenvalue weighted by atomic mass is 10.1. The maximum Gasteiger partial charge on any atom is 0.241 e. The molecule has 0 radical (unpaired) electrons. The van der Waals surface area contributed by atoms with Crippen LogP contribution in [-0.2, 0) is 16.6 Å². The SMILES string of the molecule is CN(C)c1cccc2c(S(=O)(=O)NCc3ccc(Cl)cc3)cccc12. The summed E-state index contributed by atoms with van der Waals surface area (Å²) in [7, 11) is 0.239. The monoisotopic (exact) mass is 374 g/mol. The molecular weight excluding hydrogens is 356 g/mol. The van der Waals surface area contributed by atoms with E-state index in [0.29, 0.717) is 10.4 Å². The largest absolute Gasteiger partial charge is 0.377 e. The molecule has 0 saturated carbocycles. The molecule has 0 fully saturated rings. The molecule has 0 aliphatic heterocycles. The average molecular weight is 375 g/mol. The number of benzene rings is 3. The molecule has 25 heavy (non-hydrogen) atoms. The fourth-order valence-electron chi connectivity index (χ4n) is 2.75. The molecule has 3 aromatic carbocycles. The van der Waals surface area contributed by atoms with Crippen LogP contribution in [0.3, 0.4) is 0 Å². The van der Waals surface area contributed by atoms with Crippen LogP contribution < -0.4 is 9.62 Å². The molecule has 0 bridgehead atoms. The maximum atomic E-state index is 12.8. The van der Waals surface area contributed by atoms with Crippen LogP contribution in [0.15, 0.2) is 65.6 Å². The Bertz CT molecular complexity index is 1000. The average Bonchev–Trinajstić information content (AvgIpc) is 2.60. The van der Waals surface area contributed by atoms with Crippen molar-refractivity contribution in [3.8, 4) is 0 Å². The zero-order valence-electron chi connectivity index (χ0n) is 14.0. The molecular formula is C19H19ClN2O2S. The van der Waals surface area contributed by atoms with Crippen LogP contribution in [0.25, 0.3) is 10.8 Å². The Morgan fingerprint density at radius 2 is 1.56 bits per heavy atom. The first-order valence-electron chi connectivity index (χ1n) is 7.82. The summed E-state index contributed by atoms with van der Waals surface area (Å²) < 4.78 is 28.3. The number of nitrogens with zero attached hydrogens (tertiary/aromatic N) is 1. The van der Waals surface area contributed by atoms with Gasteiger partial charge in [-0.15, -0.1) is 0 Å². The molecule has 1 N–H and O–H groups in total. The number of fused-ring (bicyclic) bond motifs is 1. The minimum Gasteiger partial charge on any atom is -0.377 e. The Labute approximate surface area is 153 Å². The van der Waals surface area contributed by atoms with Gasteiger partial charge in [0.15, 0.2) is 0 Å². The van der Waals surface area contributed by atoms with E-state index in [4.69, 9.17) is 11.6 Å². The quantitative estimate of drug-likeness (QED) is 0.733. The smallest absolute Gasteiger partial charge is 0.241 e. The molecule has 0 aliphatic carbocycles. The standard InChI is InChI=1S/C19H19ClN2O2S/c1-22(2)18-7-3-6-17-16(18)5-4-8-19(17)25(23,24)21-13-14-9-11-15(20)12-10-14/h3-12,21H,13H2,1-2H3. The van der Waals surface area contributed by atoms with E-state index in [-0.39, 0.29) is 11.4 Å². The second-order valence-corrected chi connectivity index (χ2v) is 8.15. The van der Waals surface area contributed by atoms with E-state index >= 15 is 0 Å². The molecule has 0 heterocycles. The zero-order chi connectivity index (χ0) is 18.0. The minimum absolute atomic E-state index is 0.212. The van der Waals surface area contributed by atoms with Crippen molar-refractivity contribution < 1.29 is 8.42 Å². The van der Waals surface area contributed by atoms with Crippen molar-refractivity contribution >= 4 is 38.1 Å². The summed E-state index contributed by atoms with van der Waals surface area (Å²) in [5.74, 6) is 0. The van der Waals surface area contributed by atoms with E-state index in [2.05, 4.69) is 4.72 Å². The predicted molar refractivity (Wildman–Crippen MR) is 104 cm³/mol. The number of halogens is 1. The van der Waals surface area contributed by atoms with Gasteiger partial charge in [0.25, 0.3) is 0 Å². The van der Waals surface area contributed by atoms with Crippen LogP contribution in [-0.4, -0.2) is 22.5 Å². The first-order chi connectivity index (χ1) is 11.9. The summed E-state index contributed by atoms with van der Waals surface area (Å²) in [6, 6.07) is 18.1. The highest BCUT2D eigenvalue weighted by atomic mass is 35.5. The lowest BCUT2D eigenvalue weighted by molar-refractivity contribution is 0.582. The van der Waals surface area contributed by atoms with Gasteiger partial charge in [0.2, 0.25) is 10.0 Å². The third kappa shape index (κ3) is 3.79. The van der Waals surface area contributed by atoms with Gasteiger partial charge in [0.05, 0.1) is 4.90 Å². The summed E-state index contributed by atoms with van der Waals surface area (Å²) >= 11 is 5.86. The van der Waals surface area contributed by atoms with E-state index in [1.807, 2.05) is 43.3 Å². The molecule has 0 atom stereocenters. The Balaban J connectivity index is 1.97. The summed E-state index contributed by atoms with van der Waals surface area (Å²) in [4.78, 5) is 2.25. The van der Waals surface area contributed by atoms with Gasteiger partial charge in [-0.05, 0) is 29.8 Å². The predicted octanol–water partition coefficient (Wildman–Crippen LogP) is 4.04. The van der Waals surface area contributed by atoms with Gasteiger partial charge < -0.3 is 4.90 Å². The van der Waals surface area contributed by atoms with Crippen LogP contribution in [0.5, 0.6) is 0 Å². The van der Waals surface area contributed by atoms with E-state index in [1.165, 1.54) is 0 Å². The minimum atomic E-state index is -3.64. The third-order valence-corrected chi connectivity index (χ3v) is 5.72. The molecule has 6 heteroatoms. The van der Waals surface area contributed by atoms with Crippen molar-refractivity contribution in [1.82, 2.24) is 4.72 Å². The van der Waals surface area contributed by atoms with Crippen molar-refractivity contribution in [2.24, 2.45) is 0 Å². The Hall–Kier alpha value is -2.08. The van der Waals surface area contributed by atoms with Crippen LogP contribution in [0.1, 0.15) is 5.56 Å². The van der Waals surface area contributed by atoms with Crippen LogP contribution in [0.4, 0.5) is 5.69 Å². The Kier molecular flexibility index (Phi) is 4.99. The van der Waals surface area contributed by atoms with Crippen LogP contribution in [0.2, 0.25) is 5.02 Å². The number of sulfonamides is 1. The number of rotatable bonds is 5. The van der Waals surface area contributed by atoms with Gasteiger partial charge >= 0.3 is 0 Å². The van der Waals surface area contributed by atoms with Crippen molar-refractivity contribution in [2.75, 3.05) is 19.0 Å². The zero-order valence-corrected chi connectivity index (χ0v) is 15.6. The van der Waals surface area contributed by atoms with Gasteiger partial charge in [-0.1, -0.05) is 48.0 Å². The first-order valence-corrected chi connectivity index (χ1v) is 9.68. The number of hydrogen-bond acceptors (Lipinski definition) is 3. The molecule has 130 valence electrons. The van der Waals surface area contributed by atoms with Crippen LogP contribution >= 0.6 is 11.6 Å². The molecule has 0 saturated heterocycles. The Morgan fingerprint density at radius 1 is 0.920 bits per heavy atom. The molecule has 0 spiro atoms. The van der Waals surface area contributed by atoms with E-state index < -0.39 is 10.0 Å². The van der Waals surface area contributed by atoms with Gasteiger partial charge in [-0.25, -0.2) is 13.1 Å². The fraction of sp³-hybridized carbons (Fsp3) is 0.158. The highest BCUT2D eigenvalue weighted by Gasteiger charge is 2.18. The van der Waals surface area contributed by atoms with Gasteiger partial charge in [-0.3, -0.25) is 0 Å². The normalized spacial score (nSPS) is 11.6. The Morgan fingerprint density at radius 3 is 2.24 bits per heavy atom. The van der Waals surface area contributed by atoms with E-state index in [9.17, 15) is 8.42 Å². The van der Waals surface area contributed by atoms with E-state index in [1.54, 1.807) is 36.4 Å². The second-order valence-electron chi connectivity index (χ2n) is 5.97. The number of hydrogen-bond donors (Lipinski definition) is 1. The number of anilines is 1. The van der Waals surface area contributed by atoms with E-state index in [0.717, 1.165) is 16.6 Å². The summed E-state index contributed by atoms with van der Waals surface area (Å²) in [6.07, 6.45) is 0. The molecule has 3 rings (SSSR count). The summed E-state index contributed by atoms with van der Waals surface area (Å²) in [5.41, 5.74) is 1.83. The number of nitrogens with one attached hydrogen (secondary N) is 1. The third-order valence-electron chi connectivity index (χ3n) is 4.01. The van der Waals surface area contributed by atoms with Crippen molar-refractivity contribution in [3.05, 3.63) is 71.2 Å². The highest BCUT2D eigenvalue weighted by molar-refractivity contribution is 7.89. The van der Waals surface area contributed by atoms with Crippen molar-refractivity contribution in [2.45, 2.75) is 11.4 Å². The molecule has 0 aliphatic rings. The molecule has 0 unspecified atom stereocenters. The fourth-order valence-corrected chi connectivity index (χ4v) is 4.11. The molecule has 3 aromatic rings. The molecule has 0 aromatic heterocycles. The highest BCUT2D eigenvalue weighted by Crippen LogP contribution is 2.30. The lowest BCUT2D eigenvalue weighted by Crippen LogP contribution is -2.23. The van der Waals surface area contributed by atoms with Crippen molar-refractivity contribution in [1.29, 1.82) is 0 Å². The van der Waals surface area contributed by atoms with Crippen molar-refractivity contribution in [3.63, 3.8) is 0 Å². The van der Waals surface area contributed by atoms with Crippen LogP contribution in [0, 0.1) is 0 Å². The van der Waals surface area contributed by atoms with Gasteiger partial charge in [-0.2, -0.15) is 0 Å². The lowest BCUT2D eigenvalue weighted by Gasteiger charge is -2.17. The topological polar surface area (TPSA) is 49.4 Å². The second kappa shape index (κ2) is 7.04. The van der Waals surface area contributed by atoms with Gasteiger partial charge in [0, 0.05) is 42.1 Å². The molecule has 0 amide bonds. The maximum absolute atomic E-state index is 12.8. The summed E-state index contributed by atoms with van der Waals surface area (Å²) in [5, 5.41) is 2.23. The van der Waals surface area contributed by atoms with Gasteiger partial charge in [0.1, 0.15) is 0 Å².